The van der Waals surface area contributed by atoms with Crippen molar-refractivity contribution in [3.05, 3.63) is 58.5 Å². The molecule has 0 radical (unpaired) electrons. The van der Waals surface area contributed by atoms with Crippen molar-refractivity contribution in [2.75, 3.05) is 18.1 Å². The van der Waals surface area contributed by atoms with Crippen molar-refractivity contribution in [1.29, 1.82) is 0 Å². The standard InChI is InChI=1S/C17H19F3N6O/c1-10-11(3-2-4-12(10)17(18,19)20)16(27)25-8-6-14(13(21)9-25)26(22)15-5-7-23-24-15/h2-5,7H,6,8-9,21-22H2,1H3,(H,23,24). The molecule has 7 nitrogen and oxygen atoms in total. The number of benzene rings is 1. The molecule has 2 aromatic rings. The topological polar surface area (TPSA) is 104 Å². The number of H-pyrrole nitrogens is 1. The quantitative estimate of drug-likeness (QED) is 0.559. The Morgan fingerprint density at radius 1 is 1.33 bits per heavy atom. The average Bonchev–Trinajstić information content (AvgIpc) is 3.14. The third-order valence-electron chi connectivity index (χ3n) is 4.54. The zero-order chi connectivity index (χ0) is 19.8. The minimum Gasteiger partial charge on any atom is -0.399 e. The number of carbonyl (C=O) groups is 1. The number of halogens is 3. The molecule has 0 spiro atoms. The van der Waals surface area contributed by atoms with E-state index < -0.39 is 17.6 Å². The predicted octanol–water partition coefficient (Wildman–Crippen LogP) is 2.13. The number of amides is 1. The molecule has 1 aliphatic rings. The van der Waals surface area contributed by atoms with E-state index in [4.69, 9.17) is 11.6 Å². The Kier molecular flexibility index (Phi) is 4.83. The van der Waals surface area contributed by atoms with Gasteiger partial charge in [-0.25, -0.2) is 5.84 Å². The maximum absolute atomic E-state index is 13.1. The Balaban J connectivity index is 1.83. The SMILES string of the molecule is Cc1c(C(=O)N2CCC(N(N)c3ccn[nH]3)=C(N)C2)cccc1C(F)(F)F. The highest BCUT2D eigenvalue weighted by Crippen LogP contribution is 2.33. The number of alkyl halides is 3. The van der Waals surface area contributed by atoms with Crippen molar-refractivity contribution < 1.29 is 18.0 Å². The summed E-state index contributed by atoms with van der Waals surface area (Å²) in [6.45, 7) is 1.66. The van der Waals surface area contributed by atoms with E-state index in [0.717, 1.165) is 6.07 Å². The number of nitrogens with two attached hydrogens (primary N) is 2. The van der Waals surface area contributed by atoms with Crippen LogP contribution in [0.25, 0.3) is 0 Å². The van der Waals surface area contributed by atoms with Crippen LogP contribution in [0.3, 0.4) is 0 Å². The molecule has 0 aliphatic carbocycles. The van der Waals surface area contributed by atoms with Crippen LogP contribution in [0.2, 0.25) is 0 Å². The molecular formula is C17H19F3N6O. The summed E-state index contributed by atoms with van der Waals surface area (Å²) in [5.41, 5.74) is 6.18. The van der Waals surface area contributed by atoms with Crippen LogP contribution >= 0.6 is 0 Å². The van der Waals surface area contributed by atoms with Gasteiger partial charge in [0.2, 0.25) is 0 Å². The van der Waals surface area contributed by atoms with Gasteiger partial charge in [-0.05, 0) is 24.6 Å². The Morgan fingerprint density at radius 2 is 2.07 bits per heavy atom. The molecule has 1 aromatic carbocycles. The van der Waals surface area contributed by atoms with Crippen LogP contribution < -0.4 is 16.6 Å². The molecule has 144 valence electrons. The lowest BCUT2D eigenvalue weighted by Gasteiger charge is -2.33. The summed E-state index contributed by atoms with van der Waals surface area (Å²) in [4.78, 5) is 14.2. The van der Waals surface area contributed by atoms with E-state index in [9.17, 15) is 18.0 Å². The molecule has 1 aromatic heterocycles. The molecule has 0 saturated heterocycles. The maximum Gasteiger partial charge on any atom is 0.416 e. The number of aromatic amines is 1. The number of carbonyl (C=O) groups excluding carboxylic acids is 1. The zero-order valence-corrected chi connectivity index (χ0v) is 14.5. The predicted molar refractivity (Wildman–Crippen MR) is 93.2 cm³/mol. The first kappa shape index (κ1) is 18.8. The van der Waals surface area contributed by atoms with Gasteiger partial charge in [0.15, 0.2) is 0 Å². The normalized spacial score (nSPS) is 15.2. The molecule has 0 saturated carbocycles. The highest BCUT2D eigenvalue weighted by Gasteiger charge is 2.34. The highest BCUT2D eigenvalue weighted by atomic mass is 19.4. The molecule has 0 unspecified atom stereocenters. The third-order valence-corrected chi connectivity index (χ3v) is 4.54. The van der Waals surface area contributed by atoms with Gasteiger partial charge in [0.25, 0.3) is 5.91 Å². The van der Waals surface area contributed by atoms with Crippen molar-refractivity contribution in [2.45, 2.75) is 19.5 Å². The summed E-state index contributed by atoms with van der Waals surface area (Å²) in [6.07, 6.45) is -2.61. The molecule has 1 aliphatic heterocycles. The molecule has 0 atom stereocenters. The fraction of sp³-hybridized carbons (Fsp3) is 0.294. The van der Waals surface area contributed by atoms with E-state index in [0.29, 0.717) is 23.6 Å². The van der Waals surface area contributed by atoms with E-state index in [2.05, 4.69) is 10.2 Å². The first-order valence-electron chi connectivity index (χ1n) is 8.18. The van der Waals surface area contributed by atoms with Gasteiger partial charge in [-0.2, -0.15) is 18.3 Å². The Labute approximate surface area is 153 Å². The van der Waals surface area contributed by atoms with Crippen LogP contribution in [-0.4, -0.2) is 34.1 Å². The first-order chi connectivity index (χ1) is 12.7. The monoisotopic (exact) mass is 380 g/mol. The number of nitrogens with zero attached hydrogens (tertiary/aromatic N) is 3. The number of hydrogen-bond acceptors (Lipinski definition) is 5. The van der Waals surface area contributed by atoms with E-state index in [1.807, 2.05) is 0 Å². The van der Waals surface area contributed by atoms with Crippen LogP contribution in [-0.2, 0) is 6.18 Å². The largest absolute Gasteiger partial charge is 0.416 e. The number of aromatic nitrogens is 2. The minimum absolute atomic E-state index is 0.0132. The minimum atomic E-state index is -4.52. The van der Waals surface area contributed by atoms with Crippen molar-refractivity contribution in [3.63, 3.8) is 0 Å². The van der Waals surface area contributed by atoms with Gasteiger partial charge < -0.3 is 10.6 Å². The van der Waals surface area contributed by atoms with Crippen LogP contribution in [0.1, 0.15) is 27.9 Å². The molecule has 0 bridgehead atoms. The fourth-order valence-corrected chi connectivity index (χ4v) is 3.10. The van der Waals surface area contributed by atoms with Crippen LogP contribution in [0, 0.1) is 6.92 Å². The Bertz CT molecular complexity index is 875. The summed E-state index contributed by atoms with van der Waals surface area (Å²) in [5, 5.41) is 7.89. The number of hydrazine groups is 1. The van der Waals surface area contributed by atoms with Gasteiger partial charge in [-0.15, -0.1) is 0 Å². The molecule has 1 amide bonds. The van der Waals surface area contributed by atoms with Gasteiger partial charge in [0.05, 0.1) is 24.0 Å². The fourth-order valence-electron chi connectivity index (χ4n) is 3.10. The van der Waals surface area contributed by atoms with Crippen LogP contribution in [0.5, 0.6) is 0 Å². The molecular weight excluding hydrogens is 361 g/mol. The number of rotatable bonds is 3. The summed E-state index contributed by atoms with van der Waals surface area (Å²) < 4.78 is 39.3. The van der Waals surface area contributed by atoms with Crippen molar-refractivity contribution in [3.8, 4) is 0 Å². The zero-order valence-electron chi connectivity index (χ0n) is 14.5. The van der Waals surface area contributed by atoms with Crippen molar-refractivity contribution >= 4 is 11.7 Å². The molecule has 2 heterocycles. The number of anilines is 1. The smallest absolute Gasteiger partial charge is 0.399 e. The molecule has 27 heavy (non-hydrogen) atoms. The van der Waals surface area contributed by atoms with E-state index in [1.165, 1.54) is 29.0 Å². The first-order valence-corrected chi connectivity index (χ1v) is 8.18. The lowest BCUT2D eigenvalue weighted by molar-refractivity contribution is -0.138. The number of hydrogen-bond donors (Lipinski definition) is 3. The second kappa shape index (κ2) is 6.95. The van der Waals surface area contributed by atoms with E-state index in [1.54, 1.807) is 12.3 Å². The molecule has 3 rings (SSSR count). The Morgan fingerprint density at radius 3 is 2.67 bits per heavy atom. The van der Waals surface area contributed by atoms with Gasteiger partial charge in [0.1, 0.15) is 5.82 Å². The number of nitrogens with one attached hydrogen (secondary N) is 1. The lowest BCUT2D eigenvalue weighted by atomic mass is 10.00. The second-order valence-electron chi connectivity index (χ2n) is 6.24. The van der Waals surface area contributed by atoms with Crippen molar-refractivity contribution in [1.82, 2.24) is 15.1 Å². The van der Waals surface area contributed by atoms with Crippen molar-refractivity contribution in [2.24, 2.45) is 11.6 Å². The molecule has 5 N–H and O–H groups in total. The average molecular weight is 380 g/mol. The second-order valence-corrected chi connectivity index (χ2v) is 6.24. The summed E-state index contributed by atoms with van der Waals surface area (Å²) in [5.74, 6) is 6.07. The highest BCUT2D eigenvalue weighted by molar-refractivity contribution is 5.96. The van der Waals surface area contributed by atoms with Crippen LogP contribution in [0.4, 0.5) is 19.0 Å². The van der Waals surface area contributed by atoms with Gasteiger partial charge >= 0.3 is 6.18 Å². The lowest BCUT2D eigenvalue weighted by Crippen LogP contribution is -2.44. The molecule has 10 heteroatoms. The van der Waals surface area contributed by atoms with Gasteiger partial charge in [-0.1, -0.05) is 6.07 Å². The maximum atomic E-state index is 13.1. The molecule has 0 fully saturated rings. The van der Waals surface area contributed by atoms with Gasteiger partial charge in [0, 0.05) is 30.3 Å². The van der Waals surface area contributed by atoms with E-state index in [-0.39, 0.29) is 24.2 Å². The summed E-state index contributed by atoms with van der Waals surface area (Å²) in [7, 11) is 0. The summed E-state index contributed by atoms with van der Waals surface area (Å²) >= 11 is 0. The van der Waals surface area contributed by atoms with E-state index >= 15 is 0 Å². The van der Waals surface area contributed by atoms with Gasteiger partial charge in [-0.3, -0.25) is 14.9 Å². The summed E-state index contributed by atoms with van der Waals surface area (Å²) in [6, 6.07) is 5.26. The Hall–Kier alpha value is -3.01. The van der Waals surface area contributed by atoms with Crippen LogP contribution in [0.15, 0.2) is 41.9 Å². The third kappa shape index (κ3) is 3.61.